The number of nitrogens with zero attached hydrogens (tertiary/aromatic N) is 2. The van der Waals surface area contributed by atoms with E-state index in [0.29, 0.717) is 0 Å². The molecule has 17 heavy (non-hydrogen) atoms. The van der Waals surface area contributed by atoms with Crippen LogP contribution in [0.25, 0.3) is 11.4 Å². The van der Waals surface area contributed by atoms with Gasteiger partial charge in [-0.15, -0.1) is 0 Å². The van der Waals surface area contributed by atoms with E-state index < -0.39 is 0 Å². The zero-order valence-electron chi connectivity index (χ0n) is 10.1. The van der Waals surface area contributed by atoms with Gasteiger partial charge in [-0.05, 0) is 48.4 Å². The van der Waals surface area contributed by atoms with Gasteiger partial charge in [0.2, 0.25) is 0 Å². The van der Waals surface area contributed by atoms with Crippen molar-refractivity contribution in [3.63, 3.8) is 0 Å². The predicted molar refractivity (Wildman–Crippen MR) is 68.9 cm³/mol. The third-order valence-electron chi connectivity index (χ3n) is 3.47. The van der Waals surface area contributed by atoms with Gasteiger partial charge in [0.25, 0.3) is 0 Å². The first kappa shape index (κ1) is 10.5. The van der Waals surface area contributed by atoms with Crippen molar-refractivity contribution in [2.45, 2.75) is 32.6 Å². The number of aryl methyl sites for hydroxylation is 3. The number of rotatable bonds is 2. The zero-order valence-corrected chi connectivity index (χ0v) is 10.1. The molecule has 0 saturated carbocycles. The molecule has 2 heteroatoms. The summed E-state index contributed by atoms with van der Waals surface area (Å²) in [4.78, 5) is 8.87. The van der Waals surface area contributed by atoms with Gasteiger partial charge in [-0.3, -0.25) is 0 Å². The van der Waals surface area contributed by atoms with Gasteiger partial charge in [0, 0.05) is 18.0 Å². The summed E-state index contributed by atoms with van der Waals surface area (Å²) in [6.07, 6.45) is 8.56. The SMILES string of the molecule is CCc1cnc(-c2ccc3c(c2)CCC3)nc1. The molecule has 1 aliphatic carbocycles. The van der Waals surface area contributed by atoms with Gasteiger partial charge in [0.05, 0.1) is 0 Å². The Morgan fingerprint density at radius 3 is 2.59 bits per heavy atom. The summed E-state index contributed by atoms with van der Waals surface area (Å²) in [5, 5.41) is 0. The van der Waals surface area contributed by atoms with Crippen LogP contribution in [0.2, 0.25) is 0 Å². The van der Waals surface area contributed by atoms with Gasteiger partial charge in [0.1, 0.15) is 0 Å². The number of aromatic nitrogens is 2. The molecule has 0 aliphatic heterocycles. The summed E-state index contributed by atoms with van der Waals surface area (Å²) in [5.74, 6) is 0.844. The second-order valence-corrected chi connectivity index (χ2v) is 4.61. The maximum Gasteiger partial charge on any atom is 0.159 e. The van der Waals surface area contributed by atoms with Gasteiger partial charge in [0.15, 0.2) is 5.82 Å². The molecule has 0 unspecified atom stereocenters. The van der Waals surface area contributed by atoms with Gasteiger partial charge in [-0.25, -0.2) is 9.97 Å². The molecule has 3 rings (SSSR count). The fourth-order valence-corrected chi connectivity index (χ4v) is 2.40. The predicted octanol–water partition coefficient (Wildman–Crippen LogP) is 3.19. The van der Waals surface area contributed by atoms with Crippen LogP contribution in [-0.4, -0.2) is 9.97 Å². The van der Waals surface area contributed by atoms with E-state index in [1.807, 2.05) is 12.4 Å². The van der Waals surface area contributed by atoms with E-state index >= 15 is 0 Å². The Morgan fingerprint density at radius 1 is 1.06 bits per heavy atom. The minimum Gasteiger partial charge on any atom is -0.236 e. The lowest BCUT2D eigenvalue weighted by Gasteiger charge is -2.04. The smallest absolute Gasteiger partial charge is 0.159 e. The number of fused-ring (bicyclic) bond motifs is 1. The van der Waals surface area contributed by atoms with Gasteiger partial charge < -0.3 is 0 Å². The van der Waals surface area contributed by atoms with Gasteiger partial charge >= 0.3 is 0 Å². The standard InChI is InChI=1S/C15H16N2/c1-2-11-9-16-15(17-10-11)14-7-6-12-4-3-5-13(12)8-14/h6-10H,2-5H2,1H3. The summed E-state index contributed by atoms with van der Waals surface area (Å²) < 4.78 is 0. The molecule has 0 atom stereocenters. The largest absolute Gasteiger partial charge is 0.236 e. The van der Waals surface area contributed by atoms with Crippen LogP contribution in [0.4, 0.5) is 0 Å². The van der Waals surface area contributed by atoms with Crippen molar-refractivity contribution in [1.29, 1.82) is 0 Å². The second kappa shape index (κ2) is 4.28. The van der Waals surface area contributed by atoms with Crippen LogP contribution in [-0.2, 0) is 19.3 Å². The molecule has 1 aromatic heterocycles. The lowest BCUT2D eigenvalue weighted by Crippen LogP contribution is -1.92. The topological polar surface area (TPSA) is 25.8 Å². The third-order valence-corrected chi connectivity index (χ3v) is 3.47. The molecule has 2 nitrogen and oxygen atoms in total. The summed E-state index contributed by atoms with van der Waals surface area (Å²) in [6, 6.07) is 6.63. The van der Waals surface area contributed by atoms with E-state index in [4.69, 9.17) is 0 Å². The van der Waals surface area contributed by atoms with Crippen molar-refractivity contribution in [3.05, 3.63) is 47.3 Å². The Morgan fingerprint density at radius 2 is 1.82 bits per heavy atom. The highest BCUT2D eigenvalue weighted by Gasteiger charge is 2.12. The van der Waals surface area contributed by atoms with Crippen LogP contribution in [0, 0.1) is 0 Å². The Bertz CT molecular complexity index is 529. The maximum absolute atomic E-state index is 4.43. The summed E-state index contributed by atoms with van der Waals surface area (Å²) in [7, 11) is 0. The molecule has 0 bridgehead atoms. The van der Waals surface area contributed by atoms with E-state index in [9.17, 15) is 0 Å². The van der Waals surface area contributed by atoms with E-state index in [2.05, 4.69) is 35.1 Å². The minimum absolute atomic E-state index is 0.844. The highest BCUT2D eigenvalue weighted by molar-refractivity contribution is 5.58. The summed E-state index contributed by atoms with van der Waals surface area (Å²) in [5.41, 5.74) is 5.31. The Kier molecular flexibility index (Phi) is 2.63. The second-order valence-electron chi connectivity index (χ2n) is 4.61. The molecule has 0 spiro atoms. The number of hydrogen-bond donors (Lipinski definition) is 0. The van der Waals surface area contributed by atoms with Crippen LogP contribution in [0.5, 0.6) is 0 Å². The molecular formula is C15H16N2. The first-order valence-electron chi connectivity index (χ1n) is 6.30. The summed E-state index contributed by atoms with van der Waals surface area (Å²) >= 11 is 0. The van der Waals surface area contributed by atoms with Gasteiger partial charge in [-0.2, -0.15) is 0 Å². The van der Waals surface area contributed by atoms with Crippen molar-refractivity contribution < 1.29 is 0 Å². The molecule has 1 aromatic carbocycles. The monoisotopic (exact) mass is 224 g/mol. The molecule has 0 N–H and O–H groups in total. The van der Waals surface area contributed by atoms with Gasteiger partial charge in [-0.1, -0.05) is 19.1 Å². The van der Waals surface area contributed by atoms with Crippen molar-refractivity contribution in [2.24, 2.45) is 0 Å². The molecule has 0 radical (unpaired) electrons. The highest BCUT2D eigenvalue weighted by Crippen LogP contribution is 2.26. The lowest BCUT2D eigenvalue weighted by molar-refractivity contribution is 0.912. The highest BCUT2D eigenvalue weighted by atomic mass is 14.9. The molecule has 2 aromatic rings. The third kappa shape index (κ3) is 1.95. The Balaban J connectivity index is 1.97. The molecule has 0 amide bonds. The molecule has 0 saturated heterocycles. The van der Waals surface area contributed by atoms with E-state index in [0.717, 1.165) is 17.8 Å². The first-order chi connectivity index (χ1) is 8.36. The molecule has 86 valence electrons. The van der Waals surface area contributed by atoms with Crippen LogP contribution in [0.1, 0.15) is 30.0 Å². The fourth-order valence-electron chi connectivity index (χ4n) is 2.40. The maximum atomic E-state index is 4.43. The van der Waals surface area contributed by atoms with E-state index in [1.54, 1.807) is 0 Å². The van der Waals surface area contributed by atoms with Crippen LogP contribution >= 0.6 is 0 Å². The normalized spacial score (nSPS) is 13.7. The summed E-state index contributed by atoms with van der Waals surface area (Å²) in [6.45, 7) is 2.12. The number of hydrogen-bond acceptors (Lipinski definition) is 2. The van der Waals surface area contributed by atoms with Crippen LogP contribution < -0.4 is 0 Å². The van der Waals surface area contributed by atoms with Crippen molar-refractivity contribution in [3.8, 4) is 11.4 Å². The van der Waals surface area contributed by atoms with Crippen molar-refractivity contribution in [2.75, 3.05) is 0 Å². The Labute approximate surface area is 102 Å². The molecular weight excluding hydrogens is 208 g/mol. The molecule has 0 fully saturated rings. The minimum atomic E-state index is 0.844. The average Bonchev–Trinajstić information content (AvgIpc) is 2.86. The van der Waals surface area contributed by atoms with E-state index in [-0.39, 0.29) is 0 Å². The van der Waals surface area contributed by atoms with Crippen LogP contribution in [0.15, 0.2) is 30.6 Å². The zero-order chi connectivity index (χ0) is 11.7. The lowest BCUT2D eigenvalue weighted by atomic mass is 10.1. The van der Waals surface area contributed by atoms with Crippen LogP contribution in [0.3, 0.4) is 0 Å². The molecule has 1 aliphatic rings. The first-order valence-corrected chi connectivity index (χ1v) is 6.30. The van der Waals surface area contributed by atoms with Crippen molar-refractivity contribution in [1.82, 2.24) is 9.97 Å². The van der Waals surface area contributed by atoms with E-state index in [1.165, 1.54) is 36.0 Å². The quantitative estimate of drug-likeness (QED) is 0.783. The average molecular weight is 224 g/mol. The Hall–Kier alpha value is -1.70. The fraction of sp³-hybridized carbons (Fsp3) is 0.333. The number of benzene rings is 1. The molecule has 1 heterocycles. The van der Waals surface area contributed by atoms with Crippen molar-refractivity contribution >= 4 is 0 Å².